The lowest BCUT2D eigenvalue weighted by molar-refractivity contribution is 0.269. The van der Waals surface area contributed by atoms with Gasteiger partial charge in [0.1, 0.15) is 17.2 Å². The van der Waals surface area contributed by atoms with Gasteiger partial charge in [-0.2, -0.15) is 0 Å². The zero-order chi connectivity index (χ0) is 15.2. The van der Waals surface area contributed by atoms with Crippen LogP contribution in [0.4, 0.5) is 4.39 Å². The number of rotatable bonds is 6. The Kier molecular flexibility index (Phi) is 5.04. The van der Waals surface area contributed by atoms with E-state index in [-0.39, 0.29) is 5.75 Å². The Morgan fingerprint density at radius 2 is 1.57 bits per heavy atom. The van der Waals surface area contributed by atoms with Crippen molar-refractivity contribution in [1.82, 2.24) is 0 Å². The van der Waals surface area contributed by atoms with E-state index in [0.29, 0.717) is 24.0 Å². The van der Waals surface area contributed by atoms with E-state index in [2.05, 4.69) is 0 Å². The van der Waals surface area contributed by atoms with E-state index in [9.17, 15) is 4.39 Å². The Bertz CT molecular complexity index is 579. The van der Waals surface area contributed by atoms with Crippen molar-refractivity contribution in [2.45, 2.75) is 13.8 Å². The fourth-order valence-electron chi connectivity index (χ4n) is 1.69. The summed E-state index contributed by atoms with van der Waals surface area (Å²) in [7, 11) is 1.59. The second kappa shape index (κ2) is 6.97. The highest BCUT2D eigenvalue weighted by Crippen LogP contribution is 2.28. The van der Waals surface area contributed by atoms with E-state index in [1.54, 1.807) is 43.5 Å². The lowest BCUT2D eigenvalue weighted by Gasteiger charge is -2.11. The molecule has 4 heteroatoms. The monoisotopic (exact) mass is 290 g/mol. The summed E-state index contributed by atoms with van der Waals surface area (Å²) in [6.07, 6.45) is 0. The minimum atomic E-state index is -0.452. The maximum atomic E-state index is 14.0. The van der Waals surface area contributed by atoms with E-state index < -0.39 is 5.82 Å². The molecule has 0 atom stereocenters. The molecule has 0 aliphatic heterocycles. The summed E-state index contributed by atoms with van der Waals surface area (Å²) in [5.74, 6) is 1.88. The van der Waals surface area contributed by atoms with Crippen LogP contribution >= 0.6 is 0 Å². The first-order valence-corrected chi connectivity index (χ1v) is 6.82. The highest BCUT2D eigenvalue weighted by Gasteiger charge is 2.07. The Hall–Kier alpha value is -2.23. The van der Waals surface area contributed by atoms with Gasteiger partial charge in [-0.25, -0.2) is 4.39 Å². The summed E-state index contributed by atoms with van der Waals surface area (Å²) in [5, 5.41) is 0. The number of benzene rings is 2. The first-order valence-electron chi connectivity index (χ1n) is 6.82. The average molecular weight is 290 g/mol. The molecule has 2 aromatic rings. The van der Waals surface area contributed by atoms with Gasteiger partial charge in [0.15, 0.2) is 11.6 Å². The second-order valence-corrected chi connectivity index (χ2v) is 5.07. The van der Waals surface area contributed by atoms with E-state index >= 15 is 0 Å². The molecule has 0 bridgehead atoms. The third kappa shape index (κ3) is 4.38. The largest absolute Gasteiger partial charge is 0.497 e. The summed E-state index contributed by atoms with van der Waals surface area (Å²) in [6.45, 7) is 4.63. The quantitative estimate of drug-likeness (QED) is 0.774. The summed E-state index contributed by atoms with van der Waals surface area (Å²) >= 11 is 0. The van der Waals surface area contributed by atoms with Crippen LogP contribution in [0.15, 0.2) is 42.5 Å². The van der Waals surface area contributed by atoms with Crippen molar-refractivity contribution in [3.05, 3.63) is 48.3 Å². The molecule has 0 aliphatic carbocycles. The molecule has 0 amide bonds. The van der Waals surface area contributed by atoms with Crippen LogP contribution in [0.3, 0.4) is 0 Å². The fraction of sp³-hybridized carbons (Fsp3) is 0.294. The van der Waals surface area contributed by atoms with Gasteiger partial charge in [0, 0.05) is 6.07 Å². The number of methoxy groups -OCH3 is 1. The molecule has 0 fully saturated rings. The summed E-state index contributed by atoms with van der Waals surface area (Å²) < 4.78 is 30.0. The van der Waals surface area contributed by atoms with Crippen LogP contribution in [0.2, 0.25) is 0 Å². The van der Waals surface area contributed by atoms with Crippen molar-refractivity contribution >= 4 is 0 Å². The SMILES string of the molecule is COc1ccc(Oc2ccc(OCC(C)C)cc2F)cc1. The molecule has 2 rings (SSSR count). The molecule has 0 saturated heterocycles. The van der Waals surface area contributed by atoms with Gasteiger partial charge in [0.05, 0.1) is 13.7 Å². The minimum Gasteiger partial charge on any atom is -0.497 e. The van der Waals surface area contributed by atoms with E-state index in [0.717, 1.165) is 5.75 Å². The predicted octanol–water partition coefficient (Wildman–Crippen LogP) is 4.66. The molecular weight excluding hydrogens is 271 g/mol. The van der Waals surface area contributed by atoms with Crippen molar-refractivity contribution in [3.8, 4) is 23.0 Å². The molecule has 2 aromatic carbocycles. The molecule has 0 aromatic heterocycles. The lowest BCUT2D eigenvalue weighted by atomic mass is 10.2. The third-order valence-corrected chi connectivity index (χ3v) is 2.77. The Morgan fingerprint density at radius 3 is 2.14 bits per heavy atom. The molecule has 0 saturated carbocycles. The molecule has 21 heavy (non-hydrogen) atoms. The number of hydrogen-bond acceptors (Lipinski definition) is 3. The lowest BCUT2D eigenvalue weighted by Crippen LogP contribution is -2.04. The van der Waals surface area contributed by atoms with Crippen LogP contribution in [0, 0.1) is 11.7 Å². The van der Waals surface area contributed by atoms with Crippen LogP contribution in [0.1, 0.15) is 13.8 Å². The highest BCUT2D eigenvalue weighted by molar-refractivity contribution is 5.38. The molecule has 112 valence electrons. The van der Waals surface area contributed by atoms with Crippen molar-refractivity contribution in [3.63, 3.8) is 0 Å². The van der Waals surface area contributed by atoms with Crippen LogP contribution in [-0.4, -0.2) is 13.7 Å². The first kappa shape index (κ1) is 15.2. The third-order valence-electron chi connectivity index (χ3n) is 2.77. The minimum absolute atomic E-state index is 0.164. The average Bonchev–Trinajstić information content (AvgIpc) is 2.48. The maximum Gasteiger partial charge on any atom is 0.169 e. The zero-order valence-electron chi connectivity index (χ0n) is 12.4. The molecule has 0 unspecified atom stereocenters. The number of ether oxygens (including phenoxy) is 3. The van der Waals surface area contributed by atoms with Crippen LogP contribution < -0.4 is 14.2 Å². The summed E-state index contributed by atoms with van der Waals surface area (Å²) in [4.78, 5) is 0. The van der Waals surface area contributed by atoms with Crippen molar-refractivity contribution in [2.75, 3.05) is 13.7 Å². The highest BCUT2D eigenvalue weighted by atomic mass is 19.1. The van der Waals surface area contributed by atoms with Gasteiger partial charge in [0.2, 0.25) is 0 Å². The predicted molar refractivity (Wildman–Crippen MR) is 79.8 cm³/mol. The van der Waals surface area contributed by atoms with Gasteiger partial charge in [-0.05, 0) is 42.3 Å². The molecule has 0 spiro atoms. The van der Waals surface area contributed by atoms with E-state index in [4.69, 9.17) is 14.2 Å². The van der Waals surface area contributed by atoms with Crippen LogP contribution in [0.5, 0.6) is 23.0 Å². The second-order valence-electron chi connectivity index (χ2n) is 5.07. The topological polar surface area (TPSA) is 27.7 Å². The van der Waals surface area contributed by atoms with Gasteiger partial charge < -0.3 is 14.2 Å². The van der Waals surface area contributed by atoms with Gasteiger partial charge in [0.25, 0.3) is 0 Å². The van der Waals surface area contributed by atoms with E-state index in [1.807, 2.05) is 13.8 Å². The first-order chi connectivity index (χ1) is 10.1. The Balaban J connectivity index is 2.06. The van der Waals surface area contributed by atoms with Crippen LogP contribution in [-0.2, 0) is 0 Å². The van der Waals surface area contributed by atoms with Crippen molar-refractivity contribution in [2.24, 2.45) is 5.92 Å². The van der Waals surface area contributed by atoms with Gasteiger partial charge in [-0.15, -0.1) is 0 Å². The fourth-order valence-corrected chi connectivity index (χ4v) is 1.69. The number of hydrogen-bond donors (Lipinski definition) is 0. The molecule has 0 N–H and O–H groups in total. The van der Waals surface area contributed by atoms with Gasteiger partial charge in [-0.1, -0.05) is 13.8 Å². The van der Waals surface area contributed by atoms with Crippen molar-refractivity contribution < 1.29 is 18.6 Å². The summed E-state index contributed by atoms with van der Waals surface area (Å²) in [6, 6.07) is 11.6. The van der Waals surface area contributed by atoms with Crippen LogP contribution in [0.25, 0.3) is 0 Å². The molecule has 0 heterocycles. The van der Waals surface area contributed by atoms with E-state index in [1.165, 1.54) is 6.07 Å². The number of halogens is 1. The zero-order valence-corrected chi connectivity index (χ0v) is 12.4. The normalized spacial score (nSPS) is 10.5. The van der Waals surface area contributed by atoms with Crippen molar-refractivity contribution in [1.29, 1.82) is 0 Å². The smallest absolute Gasteiger partial charge is 0.169 e. The molecule has 3 nitrogen and oxygen atoms in total. The van der Waals surface area contributed by atoms with Gasteiger partial charge >= 0.3 is 0 Å². The molecule has 0 aliphatic rings. The Morgan fingerprint density at radius 1 is 0.952 bits per heavy atom. The Labute approximate surface area is 124 Å². The van der Waals surface area contributed by atoms with Gasteiger partial charge in [-0.3, -0.25) is 0 Å². The standard InChI is InChI=1S/C17H19FO3/c1-12(2)11-20-15-8-9-17(16(18)10-15)21-14-6-4-13(19-3)5-7-14/h4-10,12H,11H2,1-3H3. The maximum absolute atomic E-state index is 14.0. The molecule has 0 radical (unpaired) electrons. The summed E-state index contributed by atoms with van der Waals surface area (Å²) in [5.41, 5.74) is 0. The molecular formula is C17H19FO3.